The molecule has 0 N–H and O–H groups in total. The zero-order valence-corrected chi connectivity index (χ0v) is 12.4. The lowest BCUT2D eigenvalue weighted by atomic mass is 10.2. The van der Waals surface area contributed by atoms with Crippen LogP contribution in [0.5, 0.6) is 0 Å². The van der Waals surface area contributed by atoms with E-state index in [1.807, 2.05) is 24.3 Å². The predicted octanol–water partition coefficient (Wildman–Crippen LogP) is 3.56. The van der Waals surface area contributed by atoms with Crippen molar-refractivity contribution in [2.24, 2.45) is 0 Å². The van der Waals surface area contributed by atoms with Crippen LogP contribution in [0.15, 0.2) is 34.8 Å². The standard InChI is InChI=1S/C13H10BrClN2O2/c1-8-6-11(17-13(15)16-8)12(18)19-7-9-4-2-3-5-10(9)14/h2-6H,7H2,1H3. The summed E-state index contributed by atoms with van der Waals surface area (Å²) in [7, 11) is 0. The lowest BCUT2D eigenvalue weighted by molar-refractivity contribution is 0.0464. The van der Waals surface area contributed by atoms with Gasteiger partial charge in [0.15, 0.2) is 5.69 Å². The Morgan fingerprint density at radius 2 is 2.11 bits per heavy atom. The highest BCUT2D eigenvalue weighted by molar-refractivity contribution is 9.10. The number of aryl methyl sites for hydroxylation is 1. The number of benzene rings is 1. The molecule has 1 aromatic carbocycles. The molecule has 0 aliphatic rings. The number of ether oxygens (including phenoxy) is 1. The van der Waals surface area contributed by atoms with Gasteiger partial charge < -0.3 is 4.74 Å². The highest BCUT2D eigenvalue weighted by Gasteiger charge is 2.12. The maximum absolute atomic E-state index is 11.8. The lowest BCUT2D eigenvalue weighted by Gasteiger charge is -2.06. The van der Waals surface area contributed by atoms with Gasteiger partial charge in [0.05, 0.1) is 0 Å². The quantitative estimate of drug-likeness (QED) is 0.633. The monoisotopic (exact) mass is 340 g/mol. The molecule has 0 aliphatic carbocycles. The normalized spacial score (nSPS) is 10.3. The molecule has 0 aliphatic heterocycles. The molecule has 0 radical (unpaired) electrons. The number of aromatic nitrogens is 2. The molecule has 1 heterocycles. The van der Waals surface area contributed by atoms with Crippen molar-refractivity contribution in [3.05, 3.63) is 57.0 Å². The van der Waals surface area contributed by atoms with Crippen LogP contribution in [0.4, 0.5) is 0 Å². The fraction of sp³-hybridized carbons (Fsp3) is 0.154. The summed E-state index contributed by atoms with van der Waals surface area (Å²) in [5.74, 6) is -0.525. The first-order valence-electron chi connectivity index (χ1n) is 5.48. The minimum Gasteiger partial charge on any atom is -0.456 e. The van der Waals surface area contributed by atoms with Crippen LogP contribution < -0.4 is 0 Å². The summed E-state index contributed by atoms with van der Waals surface area (Å²) in [4.78, 5) is 19.6. The van der Waals surface area contributed by atoms with Gasteiger partial charge in [0.25, 0.3) is 0 Å². The Bertz CT molecular complexity index is 599. The van der Waals surface area contributed by atoms with Gasteiger partial charge in [0.1, 0.15) is 6.61 Å². The third-order valence-corrected chi connectivity index (χ3v) is 3.30. The number of halogens is 2. The summed E-state index contributed by atoms with van der Waals surface area (Å²) < 4.78 is 6.08. The van der Waals surface area contributed by atoms with E-state index in [0.717, 1.165) is 10.0 Å². The number of esters is 1. The lowest BCUT2D eigenvalue weighted by Crippen LogP contribution is -2.09. The number of hydrogen-bond acceptors (Lipinski definition) is 4. The SMILES string of the molecule is Cc1cc(C(=O)OCc2ccccc2Br)nc(Cl)n1. The van der Waals surface area contributed by atoms with E-state index in [1.54, 1.807) is 6.92 Å². The van der Waals surface area contributed by atoms with Crippen LogP contribution in [-0.2, 0) is 11.3 Å². The van der Waals surface area contributed by atoms with Crippen molar-refractivity contribution < 1.29 is 9.53 Å². The van der Waals surface area contributed by atoms with Crippen molar-refractivity contribution in [3.63, 3.8) is 0 Å². The smallest absolute Gasteiger partial charge is 0.357 e. The van der Waals surface area contributed by atoms with Crippen LogP contribution in [0.3, 0.4) is 0 Å². The summed E-state index contributed by atoms with van der Waals surface area (Å²) in [6.45, 7) is 1.90. The van der Waals surface area contributed by atoms with Crippen LogP contribution in [0.25, 0.3) is 0 Å². The third-order valence-electron chi connectivity index (χ3n) is 2.35. The van der Waals surface area contributed by atoms with Gasteiger partial charge in [0.2, 0.25) is 5.28 Å². The van der Waals surface area contributed by atoms with E-state index in [-0.39, 0.29) is 17.6 Å². The van der Waals surface area contributed by atoms with Crippen molar-refractivity contribution in [1.82, 2.24) is 9.97 Å². The van der Waals surface area contributed by atoms with E-state index in [9.17, 15) is 4.79 Å². The molecule has 1 aromatic heterocycles. The van der Waals surface area contributed by atoms with Crippen molar-refractivity contribution in [2.45, 2.75) is 13.5 Å². The number of nitrogens with zero attached hydrogens (tertiary/aromatic N) is 2. The average molecular weight is 342 g/mol. The number of carbonyl (C=O) groups excluding carboxylic acids is 1. The Morgan fingerprint density at radius 3 is 2.79 bits per heavy atom. The van der Waals surface area contributed by atoms with Crippen LogP contribution in [0.1, 0.15) is 21.7 Å². The van der Waals surface area contributed by atoms with E-state index >= 15 is 0 Å². The second-order valence-electron chi connectivity index (χ2n) is 3.83. The Morgan fingerprint density at radius 1 is 1.37 bits per heavy atom. The first-order chi connectivity index (χ1) is 9.06. The fourth-order valence-electron chi connectivity index (χ4n) is 1.47. The Hall–Kier alpha value is -1.46. The molecule has 0 fully saturated rings. The van der Waals surface area contributed by atoms with Gasteiger partial charge in [-0.25, -0.2) is 14.8 Å². The molecule has 98 valence electrons. The van der Waals surface area contributed by atoms with Gasteiger partial charge in [-0.2, -0.15) is 0 Å². The van der Waals surface area contributed by atoms with Crippen LogP contribution in [0, 0.1) is 6.92 Å². The zero-order chi connectivity index (χ0) is 13.8. The molecular weight excluding hydrogens is 332 g/mol. The van der Waals surface area contributed by atoms with Crippen LogP contribution in [-0.4, -0.2) is 15.9 Å². The molecule has 4 nitrogen and oxygen atoms in total. The molecule has 0 atom stereocenters. The maximum atomic E-state index is 11.8. The van der Waals surface area contributed by atoms with Crippen molar-refractivity contribution >= 4 is 33.5 Å². The second-order valence-corrected chi connectivity index (χ2v) is 5.02. The number of hydrogen-bond donors (Lipinski definition) is 0. The summed E-state index contributed by atoms with van der Waals surface area (Å²) in [5, 5.41) is 0.0350. The summed E-state index contributed by atoms with van der Waals surface area (Å²) in [6, 6.07) is 9.06. The average Bonchev–Trinajstić information content (AvgIpc) is 2.36. The molecule has 0 unspecified atom stereocenters. The van der Waals surface area contributed by atoms with Gasteiger partial charge in [-0.1, -0.05) is 34.1 Å². The van der Waals surface area contributed by atoms with E-state index in [0.29, 0.717) is 5.69 Å². The van der Waals surface area contributed by atoms with Gasteiger partial charge >= 0.3 is 5.97 Å². The second kappa shape index (κ2) is 6.12. The largest absolute Gasteiger partial charge is 0.456 e. The van der Waals surface area contributed by atoms with Crippen LogP contribution in [0.2, 0.25) is 5.28 Å². The molecular formula is C13H10BrClN2O2. The molecule has 0 bridgehead atoms. The molecule has 0 amide bonds. The topological polar surface area (TPSA) is 52.1 Å². The van der Waals surface area contributed by atoms with E-state index in [2.05, 4.69) is 25.9 Å². The fourth-order valence-corrected chi connectivity index (χ4v) is 2.09. The molecule has 19 heavy (non-hydrogen) atoms. The van der Waals surface area contributed by atoms with E-state index in [4.69, 9.17) is 16.3 Å². The summed E-state index contributed by atoms with van der Waals surface area (Å²) in [6.07, 6.45) is 0. The van der Waals surface area contributed by atoms with E-state index in [1.165, 1.54) is 6.07 Å². The molecule has 0 saturated carbocycles. The number of carbonyl (C=O) groups is 1. The van der Waals surface area contributed by atoms with Crippen molar-refractivity contribution in [2.75, 3.05) is 0 Å². The zero-order valence-electron chi connectivity index (χ0n) is 10.1. The Kier molecular flexibility index (Phi) is 4.50. The minimum absolute atomic E-state index is 0.0350. The maximum Gasteiger partial charge on any atom is 0.357 e. The Labute approximate surface area is 123 Å². The molecule has 0 spiro atoms. The van der Waals surface area contributed by atoms with Gasteiger partial charge in [-0.3, -0.25) is 0 Å². The highest BCUT2D eigenvalue weighted by Crippen LogP contribution is 2.17. The van der Waals surface area contributed by atoms with Gasteiger partial charge in [0, 0.05) is 15.7 Å². The van der Waals surface area contributed by atoms with Crippen LogP contribution >= 0.6 is 27.5 Å². The highest BCUT2D eigenvalue weighted by atomic mass is 79.9. The van der Waals surface area contributed by atoms with Crippen molar-refractivity contribution in [3.8, 4) is 0 Å². The summed E-state index contributed by atoms with van der Waals surface area (Å²) in [5.41, 5.74) is 1.66. The third kappa shape index (κ3) is 3.75. The Balaban J connectivity index is 2.08. The molecule has 6 heteroatoms. The minimum atomic E-state index is -0.525. The summed E-state index contributed by atoms with van der Waals surface area (Å²) >= 11 is 9.09. The van der Waals surface area contributed by atoms with E-state index < -0.39 is 5.97 Å². The molecule has 0 saturated heterocycles. The number of rotatable bonds is 3. The first-order valence-corrected chi connectivity index (χ1v) is 6.65. The first kappa shape index (κ1) is 14.0. The molecule has 2 rings (SSSR count). The molecule has 2 aromatic rings. The van der Waals surface area contributed by atoms with Gasteiger partial charge in [-0.15, -0.1) is 0 Å². The van der Waals surface area contributed by atoms with Gasteiger partial charge in [-0.05, 0) is 30.7 Å². The predicted molar refractivity (Wildman–Crippen MR) is 75.0 cm³/mol. The van der Waals surface area contributed by atoms with Crippen molar-refractivity contribution in [1.29, 1.82) is 0 Å².